The Bertz CT molecular complexity index is 1720. The molecule has 5 aliphatic heterocycles. The lowest BCUT2D eigenvalue weighted by Crippen LogP contribution is -2.67. The Morgan fingerprint density at radius 1 is 0.652 bits per heavy atom. The number of ether oxygens (including phenoxy) is 9. The first-order valence-electron chi connectivity index (χ1n) is 24.5. The summed E-state index contributed by atoms with van der Waals surface area (Å²) in [5.74, 6) is 0.0825. The third-order valence-electron chi connectivity index (χ3n) is 18.1. The van der Waals surface area contributed by atoms with E-state index in [1.54, 1.807) is 19.9 Å². The fourth-order valence-corrected chi connectivity index (χ4v) is 14.3. The van der Waals surface area contributed by atoms with E-state index < -0.39 is 128 Å². The van der Waals surface area contributed by atoms with Crippen LogP contribution in [0.5, 0.6) is 0 Å². The molecule has 5 heterocycles. The van der Waals surface area contributed by atoms with Gasteiger partial charge < -0.3 is 88.6 Å². The molecule has 9 rings (SSSR count). The van der Waals surface area contributed by atoms with Crippen LogP contribution in [0.2, 0.25) is 0 Å². The number of fused-ring (bicyclic) bond motifs is 5. The molecule has 4 aliphatic carbocycles. The summed E-state index contributed by atoms with van der Waals surface area (Å²) in [4.78, 5) is 12.0. The van der Waals surface area contributed by atoms with E-state index in [0.717, 1.165) is 44.1 Å². The van der Waals surface area contributed by atoms with Crippen LogP contribution >= 0.6 is 0 Å². The van der Waals surface area contributed by atoms with Crippen molar-refractivity contribution in [1.82, 2.24) is 0 Å². The molecular weight excluding hydrogens is 868 g/mol. The molecule has 26 atom stereocenters. The third kappa shape index (κ3) is 8.64. The number of hydrogen-bond donors (Lipinski definition) is 9. The summed E-state index contributed by atoms with van der Waals surface area (Å²) >= 11 is 0. The highest BCUT2D eigenvalue weighted by molar-refractivity contribution is 5.85. The number of carbonyl (C=O) groups is 1. The van der Waals surface area contributed by atoms with Crippen LogP contribution < -0.4 is 0 Å². The van der Waals surface area contributed by atoms with Gasteiger partial charge in [0, 0.05) is 30.8 Å². The van der Waals surface area contributed by atoms with Crippen molar-refractivity contribution in [3.05, 3.63) is 11.6 Å². The molecule has 19 nitrogen and oxygen atoms in total. The van der Waals surface area contributed by atoms with E-state index in [1.165, 1.54) is 0 Å². The fourth-order valence-electron chi connectivity index (χ4n) is 14.3. The number of hydrogen-bond acceptors (Lipinski definition) is 19. The molecule has 376 valence electrons. The van der Waals surface area contributed by atoms with Gasteiger partial charge in [-0.15, -0.1) is 0 Å². The molecule has 23 unspecified atom stereocenters. The molecule has 8 fully saturated rings. The maximum absolute atomic E-state index is 12.6. The summed E-state index contributed by atoms with van der Waals surface area (Å²) in [5, 5.41) is 98.4. The summed E-state index contributed by atoms with van der Waals surface area (Å²) in [6, 6.07) is 0. The van der Waals surface area contributed by atoms with Crippen LogP contribution in [-0.4, -0.2) is 187 Å². The number of esters is 1. The molecule has 0 aromatic carbocycles. The third-order valence-corrected chi connectivity index (χ3v) is 18.1. The summed E-state index contributed by atoms with van der Waals surface area (Å²) in [6.45, 7) is 9.11. The molecule has 0 amide bonds. The summed E-state index contributed by atoms with van der Waals surface area (Å²) in [6.07, 6.45) is -10.8. The van der Waals surface area contributed by atoms with Gasteiger partial charge in [-0.25, -0.2) is 4.79 Å². The number of carbonyl (C=O) groups excluding carboxylic acids is 1. The predicted octanol–water partition coefficient (Wildman–Crippen LogP) is 0.0423. The van der Waals surface area contributed by atoms with Crippen molar-refractivity contribution in [2.75, 3.05) is 13.2 Å². The van der Waals surface area contributed by atoms with Crippen LogP contribution in [0, 0.1) is 34.5 Å². The maximum atomic E-state index is 12.6. The Balaban J connectivity index is 0.737. The highest BCUT2D eigenvalue weighted by atomic mass is 16.8. The predicted molar refractivity (Wildman–Crippen MR) is 225 cm³/mol. The van der Waals surface area contributed by atoms with Gasteiger partial charge in [-0.1, -0.05) is 13.8 Å². The second-order valence-electron chi connectivity index (χ2n) is 21.6. The second kappa shape index (κ2) is 18.9. The van der Waals surface area contributed by atoms with Crippen LogP contribution in [0.25, 0.3) is 0 Å². The minimum absolute atomic E-state index is 0.0188. The number of aliphatic hydroxyl groups is 9. The van der Waals surface area contributed by atoms with Crippen LogP contribution in [0.4, 0.5) is 0 Å². The minimum atomic E-state index is -1.65. The van der Waals surface area contributed by atoms with Gasteiger partial charge in [0.1, 0.15) is 49.3 Å². The van der Waals surface area contributed by atoms with Gasteiger partial charge in [0.05, 0.1) is 61.0 Å². The van der Waals surface area contributed by atoms with E-state index in [4.69, 9.17) is 42.6 Å². The lowest BCUT2D eigenvalue weighted by atomic mass is 9.42. The van der Waals surface area contributed by atoms with Gasteiger partial charge in [0.15, 0.2) is 25.2 Å². The monoisotopic (exact) mass is 942 g/mol. The minimum Gasteiger partial charge on any atom is -0.458 e. The lowest BCUT2D eigenvalue weighted by molar-refractivity contribution is -0.355. The first-order chi connectivity index (χ1) is 31.2. The second-order valence-corrected chi connectivity index (χ2v) is 21.6. The lowest BCUT2D eigenvalue weighted by Gasteiger charge is -2.65. The Hall–Kier alpha value is -1.47. The Morgan fingerprint density at radius 3 is 1.77 bits per heavy atom. The van der Waals surface area contributed by atoms with E-state index in [9.17, 15) is 50.8 Å². The van der Waals surface area contributed by atoms with Crippen molar-refractivity contribution in [2.45, 2.75) is 228 Å². The molecule has 9 N–H and O–H groups in total. The van der Waals surface area contributed by atoms with Gasteiger partial charge in [-0.3, -0.25) is 0 Å². The first-order valence-corrected chi connectivity index (χ1v) is 24.5. The molecule has 0 radical (unpaired) electrons. The van der Waals surface area contributed by atoms with Crippen LogP contribution in [0.15, 0.2) is 11.6 Å². The average molecular weight is 943 g/mol. The Morgan fingerprint density at radius 2 is 1.23 bits per heavy atom. The molecule has 19 heteroatoms. The molecule has 9 aliphatic rings. The van der Waals surface area contributed by atoms with E-state index in [1.807, 2.05) is 13.8 Å². The van der Waals surface area contributed by atoms with E-state index in [2.05, 4.69) is 6.92 Å². The molecular formula is C47H74O19. The summed E-state index contributed by atoms with van der Waals surface area (Å²) in [5.41, 5.74) is -0.989. The van der Waals surface area contributed by atoms with Crippen LogP contribution in [-0.2, 0) is 47.4 Å². The van der Waals surface area contributed by atoms with Crippen molar-refractivity contribution in [2.24, 2.45) is 34.5 Å². The Kier molecular flexibility index (Phi) is 14.2. The van der Waals surface area contributed by atoms with Gasteiger partial charge in [0.25, 0.3) is 0 Å². The van der Waals surface area contributed by atoms with Gasteiger partial charge in [-0.05, 0) is 107 Å². The molecule has 0 bridgehead atoms. The number of cyclic esters (lactones) is 1. The maximum Gasteiger partial charge on any atom is 0.331 e. The van der Waals surface area contributed by atoms with Crippen molar-refractivity contribution in [3.63, 3.8) is 0 Å². The van der Waals surface area contributed by atoms with Gasteiger partial charge >= 0.3 is 5.97 Å². The van der Waals surface area contributed by atoms with Crippen LogP contribution in [0.3, 0.4) is 0 Å². The molecule has 0 aromatic rings. The standard InChI is InChI=1S/C47H74O19/c1-20-41(64-36-16-30(50)42(21(2)60-36)65-37-17-31(51)43(22(3)61-37)66-44-40(56)39(55)38(54)32(18-48)63-44)29(49)15-35(59-20)62-25-8-10-45(4)24(13-25)6-7-27-28(45)14-33(52)46(5)26(9-11-47(27,46)57)23-12-34(53)58-19-23/h12,20-22,24-33,35-44,48-52,54-57H,6-11,13-19H2,1-5H3/t20?,21?,22?,24?,25?,26?,27?,28?,29?,30?,31?,32?,33?,35?,36?,37?,38?,39?,40?,41?,42?,43?,44?,45-,46-,47-/m0/s1. The zero-order chi connectivity index (χ0) is 47.2. The zero-order valence-corrected chi connectivity index (χ0v) is 38.7. The van der Waals surface area contributed by atoms with Crippen molar-refractivity contribution >= 4 is 5.97 Å². The molecule has 66 heavy (non-hydrogen) atoms. The van der Waals surface area contributed by atoms with Crippen molar-refractivity contribution in [3.8, 4) is 0 Å². The number of rotatable bonds is 10. The van der Waals surface area contributed by atoms with E-state index in [0.29, 0.717) is 18.8 Å². The largest absolute Gasteiger partial charge is 0.458 e. The summed E-state index contributed by atoms with van der Waals surface area (Å²) in [7, 11) is 0. The normalized spacial score (nSPS) is 55.3. The highest BCUT2D eigenvalue weighted by Gasteiger charge is 2.71. The van der Waals surface area contributed by atoms with Gasteiger partial charge in [-0.2, -0.15) is 0 Å². The summed E-state index contributed by atoms with van der Waals surface area (Å²) < 4.78 is 53.9. The van der Waals surface area contributed by atoms with E-state index in [-0.39, 0.29) is 61.1 Å². The Labute approximate surface area is 385 Å². The zero-order valence-electron chi connectivity index (χ0n) is 38.7. The topological polar surface area (TPSA) is 282 Å². The highest BCUT2D eigenvalue weighted by Crippen LogP contribution is 2.70. The van der Waals surface area contributed by atoms with Crippen LogP contribution in [0.1, 0.15) is 105 Å². The number of aliphatic hydroxyl groups excluding tert-OH is 8. The van der Waals surface area contributed by atoms with Gasteiger partial charge in [0.2, 0.25) is 0 Å². The molecule has 0 spiro atoms. The SMILES string of the molecule is CC1OC(OC2CC[C@@]3(C)C(CCC4C3CC(O)[C@]3(C)C(C5=CC(=O)OC5)CC[C@]43O)C2)CC(O)C1OC1CC(O)C(OC2CC(O)C(OC3OC(CO)C(O)C(O)C3O)C(C)O2)C(C)O1. The molecule has 0 aromatic heterocycles. The first kappa shape index (κ1) is 49.5. The fraction of sp³-hybridized carbons (Fsp3) is 0.936. The average Bonchev–Trinajstić information content (AvgIpc) is 3.82. The van der Waals surface area contributed by atoms with Crippen molar-refractivity contribution in [1.29, 1.82) is 0 Å². The van der Waals surface area contributed by atoms with E-state index >= 15 is 0 Å². The quantitative estimate of drug-likeness (QED) is 0.103. The molecule has 4 saturated heterocycles. The van der Waals surface area contributed by atoms with Crippen molar-refractivity contribution < 1.29 is 93.4 Å². The smallest absolute Gasteiger partial charge is 0.331 e. The molecule has 4 saturated carbocycles.